The second kappa shape index (κ2) is 3.91. The van der Waals surface area contributed by atoms with Gasteiger partial charge >= 0.3 is 0 Å². The van der Waals surface area contributed by atoms with Crippen molar-refractivity contribution in [3.63, 3.8) is 0 Å². The lowest BCUT2D eigenvalue weighted by Gasteiger charge is -2.23. The fourth-order valence-electron chi connectivity index (χ4n) is 2.57. The largest absolute Gasteiger partial charge is 0.355 e. The number of nitrogens with zero attached hydrogens (tertiary/aromatic N) is 5. The Labute approximate surface area is 106 Å². The van der Waals surface area contributed by atoms with Crippen LogP contribution in [-0.2, 0) is 7.05 Å². The lowest BCUT2D eigenvalue weighted by atomic mass is 9.90. The Morgan fingerprint density at radius 1 is 1.44 bits per heavy atom. The van der Waals surface area contributed by atoms with Gasteiger partial charge in [0.1, 0.15) is 12.1 Å². The zero-order chi connectivity index (χ0) is 12.8. The van der Waals surface area contributed by atoms with Crippen LogP contribution in [0.3, 0.4) is 0 Å². The second-order valence-electron chi connectivity index (χ2n) is 5.39. The fraction of sp³-hybridized carbons (Fsp3) is 0.583. The monoisotopic (exact) mass is 246 g/mol. The van der Waals surface area contributed by atoms with E-state index in [2.05, 4.69) is 26.9 Å². The number of anilines is 1. The minimum Gasteiger partial charge on any atom is -0.355 e. The topological polar surface area (TPSA) is 72.9 Å². The van der Waals surface area contributed by atoms with Gasteiger partial charge in [-0.25, -0.2) is 9.97 Å². The molecule has 0 bridgehead atoms. The zero-order valence-electron chi connectivity index (χ0n) is 10.8. The molecule has 2 N–H and O–H groups in total. The predicted octanol–water partition coefficient (Wildman–Crippen LogP) is 0.538. The first-order chi connectivity index (χ1) is 8.63. The van der Waals surface area contributed by atoms with Crippen molar-refractivity contribution in [3.8, 4) is 0 Å². The van der Waals surface area contributed by atoms with Gasteiger partial charge in [0.2, 0.25) is 0 Å². The molecule has 0 aromatic carbocycles. The molecule has 3 heterocycles. The molecule has 0 radical (unpaired) electrons. The van der Waals surface area contributed by atoms with E-state index in [1.165, 1.54) is 0 Å². The van der Waals surface area contributed by atoms with Crippen molar-refractivity contribution in [1.82, 2.24) is 19.7 Å². The summed E-state index contributed by atoms with van der Waals surface area (Å²) in [5.74, 6) is 0.977. The minimum absolute atomic E-state index is 0.194. The Kier molecular flexibility index (Phi) is 2.48. The van der Waals surface area contributed by atoms with Crippen molar-refractivity contribution in [3.05, 3.63) is 12.5 Å². The highest BCUT2D eigenvalue weighted by Crippen LogP contribution is 2.33. The van der Waals surface area contributed by atoms with Crippen molar-refractivity contribution in [2.45, 2.75) is 13.3 Å². The van der Waals surface area contributed by atoms with Crippen LogP contribution < -0.4 is 10.6 Å². The Balaban J connectivity index is 2.01. The molecule has 3 rings (SSSR count). The van der Waals surface area contributed by atoms with Crippen LogP contribution in [-0.4, -0.2) is 39.4 Å². The molecule has 1 saturated heterocycles. The highest BCUT2D eigenvalue weighted by Gasteiger charge is 2.33. The van der Waals surface area contributed by atoms with Gasteiger partial charge in [0.15, 0.2) is 5.65 Å². The molecule has 0 aliphatic carbocycles. The van der Waals surface area contributed by atoms with Gasteiger partial charge in [-0.05, 0) is 18.4 Å². The summed E-state index contributed by atoms with van der Waals surface area (Å²) in [4.78, 5) is 11.0. The maximum absolute atomic E-state index is 5.85. The van der Waals surface area contributed by atoms with E-state index < -0.39 is 0 Å². The normalized spacial score (nSPS) is 24.1. The van der Waals surface area contributed by atoms with Crippen molar-refractivity contribution < 1.29 is 0 Å². The summed E-state index contributed by atoms with van der Waals surface area (Å²) in [6.45, 7) is 4.89. The van der Waals surface area contributed by atoms with Crippen LogP contribution in [0.1, 0.15) is 13.3 Å². The summed E-state index contributed by atoms with van der Waals surface area (Å²) in [5.41, 5.74) is 6.92. The molecule has 1 aliphatic rings. The Morgan fingerprint density at radius 2 is 2.28 bits per heavy atom. The lowest BCUT2D eigenvalue weighted by molar-refractivity contribution is 0.383. The first-order valence-electron chi connectivity index (χ1n) is 6.21. The van der Waals surface area contributed by atoms with E-state index in [1.54, 1.807) is 11.0 Å². The number of nitrogens with two attached hydrogens (primary N) is 1. The molecule has 2 aromatic rings. The third kappa shape index (κ3) is 1.64. The molecule has 1 fully saturated rings. The third-order valence-corrected chi connectivity index (χ3v) is 3.86. The number of hydrogen-bond acceptors (Lipinski definition) is 5. The number of hydrogen-bond donors (Lipinski definition) is 1. The van der Waals surface area contributed by atoms with Crippen LogP contribution in [0.25, 0.3) is 11.0 Å². The molecule has 1 atom stereocenters. The maximum atomic E-state index is 5.85. The smallest absolute Gasteiger partial charge is 0.163 e. The van der Waals surface area contributed by atoms with Crippen LogP contribution in [0.15, 0.2) is 12.5 Å². The van der Waals surface area contributed by atoms with Gasteiger partial charge in [0.25, 0.3) is 0 Å². The van der Waals surface area contributed by atoms with Crippen molar-refractivity contribution in [2.75, 3.05) is 24.5 Å². The fourth-order valence-corrected chi connectivity index (χ4v) is 2.57. The Bertz CT molecular complexity index is 577. The quantitative estimate of drug-likeness (QED) is 0.837. The van der Waals surface area contributed by atoms with Crippen LogP contribution in [0.2, 0.25) is 0 Å². The highest BCUT2D eigenvalue weighted by molar-refractivity contribution is 5.86. The molecule has 6 heteroatoms. The molecule has 96 valence electrons. The van der Waals surface area contributed by atoms with Gasteiger partial charge < -0.3 is 10.6 Å². The van der Waals surface area contributed by atoms with E-state index in [4.69, 9.17) is 5.73 Å². The van der Waals surface area contributed by atoms with E-state index in [1.807, 2.05) is 13.2 Å². The van der Waals surface area contributed by atoms with E-state index in [-0.39, 0.29) is 5.41 Å². The number of fused-ring (bicyclic) bond motifs is 1. The molecule has 1 unspecified atom stereocenters. The van der Waals surface area contributed by atoms with Gasteiger partial charge in [-0.1, -0.05) is 6.92 Å². The van der Waals surface area contributed by atoms with Crippen molar-refractivity contribution in [1.29, 1.82) is 0 Å². The van der Waals surface area contributed by atoms with Crippen molar-refractivity contribution >= 4 is 16.9 Å². The van der Waals surface area contributed by atoms with Gasteiger partial charge in [-0.2, -0.15) is 5.10 Å². The first kappa shape index (κ1) is 11.4. The van der Waals surface area contributed by atoms with Gasteiger partial charge in [-0.15, -0.1) is 0 Å². The van der Waals surface area contributed by atoms with Crippen LogP contribution in [0, 0.1) is 5.41 Å². The van der Waals surface area contributed by atoms with E-state index in [0.29, 0.717) is 6.54 Å². The molecule has 6 nitrogen and oxygen atoms in total. The molecule has 0 spiro atoms. The zero-order valence-corrected chi connectivity index (χ0v) is 10.8. The Morgan fingerprint density at radius 3 is 3.00 bits per heavy atom. The molecular formula is C12H18N6. The van der Waals surface area contributed by atoms with Gasteiger partial charge in [0, 0.05) is 20.1 Å². The molecule has 0 amide bonds. The van der Waals surface area contributed by atoms with E-state index >= 15 is 0 Å². The summed E-state index contributed by atoms with van der Waals surface area (Å²) < 4.78 is 1.78. The molecule has 1 aliphatic heterocycles. The summed E-state index contributed by atoms with van der Waals surface area (Å²) in [7, 11) is 1.90. The van der Waals surface area contributed by atoms with E-state index in [0.717, 1.165) is 36.4 Å². The number of aryl methyl sites for hydroxylation is 1. The highest BCUT2D eigenvalue weighted by atomic mass is 15.3. The standard InChI is InChI=1S/C12H18N6/c1-12(6-13)3-4-18(7-12)11-9-5-16-17(2)10(9)14-8-15-11/h5,8H,3-4,6-7,13H2,1-2H3. The number of rotatable bonds is 2. The van der Waals surface area contributed by atoms with Gasteiger partial charge in [0.05, 0.1) is 11.6 Å². The molecule has 2 aromatic heterocycles. The summed E-state index contributed by atoms with van der Waals surface area (Å²) in [6.07, 6.45) is 4.55. The third-order valence-electron chi connectivity index (χ3n) is 3.86. The van der Waals surface area contributed by atoms with Crippen LogP contribution in [0.5, 0.6) is 0 Å². The van der Waals surface area contributed by atoms with E-state index in [9.17, 15) is 0 Å². The summed E-state index contributed by atoms with van der Waals surface area (Å²) in [5, 5.41) is 5.26. The lowest BCUT2D eigenvalue weighted by Crippen LogP contribution is -2.31. The molecule has 18 heavy (non-hydrogen) atoms. The first-order valence-corrected chi connectivity index (χ1v) is 6.21. The molecule has 0 saturated carbocycles. The molecular weight excluding hydrogens is 228 g/mol. The Hall–Kier alpha value is -1.69. The summed E-state index contributed by atoms with van der Waals surface area (Å²) in [6, 6.07) is 0. The average molecular weight is 246 g/mol. The minimum atomic E-state index is 0.194. The number of aromatic nitrogens is 4. The van der Waals surface area contributed by atoms with Crippen LogP contribution >= 0.6 is 0 Å². The SMILES string of the molecule is Cn1ncc2c(N3CCC(C)(CN)C3)ncnc21. The second-order valence-corrected chi connectivity index (χ2v) is 5.39. The summed E-state index contributed by atoms with van der Waals surface area (Å²) >= 11 is 0. The maximum Gasteiger partial charge on any atom is 0.163 e. The average Bonchev–Trinajstić information content (AvgIpc) is 2.95. The van der Waals surface area contributed by atoms with Crippen molar-refractivity contribution in [2.24, 2.45) is 18.2 Å². The van der Waals surface area contributed by atoms with Gasteiger partial charge in [-0.3, -0.25) is 4.68 Å². The predicted molar refractivity (Wildman–Crippen MR) is 70.3 cm³/mol. The van der Waals surface area contributed by atoms with Crippen LogP contribution in [0.4, 0.5) is 5.82 Å².